The van der Waals surface area contributed by atoms with E-state index in [0.717, 1.165) is 11.4 Å². The van der Waals surface area contributed by atoms with Gasteiger partial charge in [0.2, 0.25) is 0 Å². The van der Waals surface area contributed by atoms with E-state index in [2.05, 4.69) is 16.7 Å². The van der Waals surface area contributed by atoms with Crippen LogP contribution < -0.4 is 15.4 Å². The van der Waals surface area contributed by atoms with Crippen LogP contribution in [0.5, 0.6) is 5.75 Å². The van der Waals surface area contributed by atoms with Crippen molar-refractivity contribution in [3.63, 3.8) is 0 Å². The third-order valence-corrected chi connectivity index (χ3v) is 3.71. The number of carbonyl (C=O) groups excluding carboxylic acids is 1. The number of rotatable bonds is 5. The van der Waals surface area contributed by atoms with Crippen molar-refractivity contribution < 1.29 is 9.53 Å². The van der Waals surface area contributed by atoms with Crippen molar-refractivity contribution >= 4 is 11.6 Å². The van der Waals surface area contributed by atoms with Crippen molar-refractivity contribution in [3.05, 3.63) is 24.3 Å². The Morgan fingerprint density at radius 2 is 2.00 bits per heavy atom. The number of ether oxygens (including phenoxy) is 1. The molecule has 20 heavy (non-hydrogen) atoms. The minimum atomic E-state index is -0.118. The van der Waals surface area contributed by atoms with Gasteiger partial charge >= 0.3 is 0 Å². The quantitative estimate of drug-likeness (QED) is 0.813. The highest BCUT2D eigenvalue weighted by atomic mass is 16.5. The van der Waals surface area contributed by atoms with E-state index in [0.29, 0.717) is 6.04 Å². The maximum Gasteiger partial charge on any atom is 0.257 e. The zero-order valence-electron chi connectivity index (χ0n) is 12.2. The minimum absolute atomic E-state index is 0.0589. The largest absolute Gasteiger partial charge is 0.484 e. The van der Waals surface area contributed by atoms with Gasteiger partial charge in [-0.25, -0.2) is 0 Å². The number of hydrogen-bond donors (Lipinski definition) is 2. The summed E-state index contributed by atoms with van der Waals surface area (Å²) >= 11 is 0. The Morgan fingerprint density at radius 1 is 1.25 bits per heavy atom. The summed E-state index contributed by atoms with van der Waals surface area (Å²) in [5, 5.41) is 6.13. The number of amides is 1. The van der Waals surface area contributed by atoms with Crippen molar-refractivity contribution in [1.82, 2.24) is 5.32 Å². The van der Waals surface area contributed by atoms with Crippen LogP contribution in [0.15, 0.2) is 24.3 Å². The fourth-order valence-corrected chi connectivity index (χ4v) is 2.56. The number of likely N-dealkylation sites (N-methyl/N-ethyl adjacent to an activating group) is 1. The van der Waals surface area contributed by atoms with Crippen LogP contribution in [0, 0.1) is 0 Å². The van der Waals surface area contributed by atoms with Crippen LogP contribution in [0.2, 0.25) is 0 Å². The lowest BCUT2D eigenvalue weighted by molar-refractivity contribution is -0.122. The van der Waals surface area contributed by atoms with Gasteiger partial charge in [-0.3, -0.25) is 4.79 Å². The van der Waals surface area contributed by atoms with Crippen molar-refractivity contribution in [2.24, 2.45) is 0 Å². The number of anilines is 1. The van der Waals surface area contributed by atoms with Gasteiger partial charge in [0.05, 0.1) is 0 Å². The molecule has 1 aromatic rings. The van der Waals surface area contributed by atoms with E-state index in [1.54, 1.807) is 7.05 Å². The van der Waals surface area contributed by atoms with Crippen LogP contribution in [0.1, 0.15) is 38.5 Å². The zero-order valence-corrected chi connectivity index (χ0v) is 12.2. The summed E-state index contributed by atoms with van der Waals surface area (Å²) in [6.07, 6.45) is 7.81. The Kier molecular flexibility index (Phi) is 5.71. The summed E-state index contributed by atoms with van der Waals surface area (Å²) in [6, 6.07) is 8.41. The molecule has 1 aromatic carbocycles. The molecule has 1 aliphatic rings. The molecule has 0 spiro atoms. The second-order valence-electron chi connectivity index (χ2n) is 5.32. The lowest BCUT2D eigenvalue weighted by Crippen LogP contribution is -2.24. The highest BCUT2D eigenvalue weighted by Gasteiger charge is 2.12. The predicted molar refractivity (Wildman–Crippen MR) is 81.1 cm³/mol. The van der Waals surface area contributed by atoms with Gasteiger partial charge in [0.1, 0.15) is 5.75 Å². The third-order valence-electron chi connectivity index (χ3n) is 3.71. The first-order valence-corrected chi connectivity index (χ1v) is 7.48. The van der Waals surface area contributed by atoms with Crippen LogP contribution in [0.25, 0.3) is 0 Å². The summed E-state index contributed by atoms with van der Waals surface area (Å²) in [6.45, 7) is 0.0589. The first-order chi connectivity index (χ1) is 9.78. The van der Waals surface area contributed by atoms with Gasteiger partial charge in [0.25, 0.3) is 5.91 Å². The number of hydrogen-bond acceptors (Lipinski definition) is 3. The minimum Gasteiger partial charge on any atom is -0.484 e. The molecule has 2 N–H and O–H groups in total. The van der Waals surface area contributed by atoms with E-state index in [9.17, 15) is 4.79 Å². The molecule has 1 fully saturated rings. The van der Waals surface area contributed by atoms with E-state index < -0.39 is 0 Å². The second-order valence-corrected chi connectivity index (χ2v) is 5.32. The van der Waals surface area contributed by atoms with Gasteiger partial charge in [0, 0.05) is 24.8 Å². The maximum atomic E-state index is 11.2. The normalized spacial score (nSPS) is 16.2. The molecule has 4 heteroatoms. The second kappa shape index (κ2) is 7.78. The number of benzene rings is 1. The molecule has 0 aromatic heterocycles. The van der Waals surface area contributed by atoms with Gasteiger partial charge in [-0.05, 0) is 25.0 Å². The summed E-state index contributed by atoms with van der Waals surface area (Å²) in [5.74, 6) is 0.611. The molecular formula is C16H24N2O2. The molecule has 2 rings (SSSR count). The molecule has 0 unspecified atom stereocenters. The smallest absolute Gasteiger partial charge is 0.257 e. The molecule has 0 radical (unpaired) electrons. The molecule has 0 heterocycles. The Hall–Kier alpha value is -1.71. The monoisotopic (exact) mass is 276 g/mol. The van der Waals surface area contributed by atoms with Crippen molar-refractivity contribution in [1.29, 1.82) is 0 Å². The molecule has 1 amide bonds. The fourth-order valence-electron chi connectivity index (χ4n) is 2.56. The van der Waals surface area contributed by atoms with E-state index in [1.807, 2.05) is 18.2 Å². The molecule has 1 aliphatic carbocycles. The lowest BCUT2D eigenvalue weighted by atomic mass is 10.1. The van der Waals surface area contributed by atoms with Crippen molar-refractivity contribution in [2.45, 2.75) is 44.6 Å². The topological polar surface area (TPSA) is 50.4 Å². The Balaban J connectivity index is 1.89. The first-order valence-electron chi connectivity index (χ1n) is 7.48. The molecule has 4 nitrogen and oxygen atoms in total. The Labute approximate surface area is 120 Å². The lowest BCUT2D eigenvalue weighted by Gasteiger charge is -2.18. The van der Waals surface area contributed by atoms with E-state index >= 15 is 0 Å². The van der Waals surface area contributed by atoms with Gasteiger partial charge in [-0.2, -0.15) is 0 Å². The molecule has 0 aliphatic heterocycles. The number of carbonyl (C=O) groups is 1. The van der Waals surface area contributed by atoms with Crippen LogP contribution in [-0.4, -0.2) is 25.6 Å². The molecular weight excluding hydrogens is 252 g/mol. The highest BCUT2D eigenvalue weighted by molar-refractivity contribution is 5.77. The summed E-state index contributed by atoms with van der Waals surface area (Å²) in [4.78, 5) is 11.2. The first kappa shape index (κ1) is 14.7. The fraction of sp³-hybridized carbons (Fsp3) is 0.562. The molecule has 0 atom stereocenters. The maximum absolute atomic E-state index is 11.2. The molecule has 0 bridgehead atoms. The third kappa shape index (κ3) is 4.76. The number of nitrogens with one attached hydrogen (secondary N) is 2. The summed E-state index contributed by atoms with van der Waals surface area (Å²) in [7, 11) is 1.61. The summed E-state index contributed by atoms with van der Waals surface area (Å²) in [5.41, 5.74) is 1.08. The van der Waals surface area contributed by atoms with Gasteiger partial charge in [0.15, 0.2) is 6.61 Å². The highest BCUT2D eigenvalue weighted by Crippen LogP contribution is 2.23. The van der Waals surface area contributed by atoms with Crippen LogP contribution in [0.4, 0.5) is 5.69 Å². The average molecular weight is 276 g/mol. The van der Waals surface area contributed by atoms with Crippen LogP contribution in [-0.2, 0) is 4.79 Å². The van der Waals surface area contributed by atoms with Crippen LogP contribution in [0.3, 0.4) is 0 Å². The van der Waals surface area contributed by atoms with E-state index in [1.165, 1.54) is 38.5 Å². The van der Waals surface area contributed by atoms with E-state index in [4.69, 9.17) is 4.74 Å². The van der Waals surface area contributed by atoms with Crippen molar-refractivity contribution in [3.8, 4) is 5.75 Å². The Bertz CT molecular complexity index is 426. The SMILES string of the molecule is CNC(=O)COc1cccc(NC2CCCCCC2)c1. The van der Waals surface area contributed by atoms with Gasteiger partial charge < -0.3 is 15.4 Å². The predicted octanol–water partition coefficient (Wildman–Crippen LogP) is 2.95. The van der Waals surface area contributed by atoms with Crippen LogP contribution >= 0.6 is 0 Å². The standard InChI is InChI=1S/C16H24N2O2/c1-17-16(19)12-20-15-10-6-9-14(11-15)18-13-7-4-2-3-5-8-13/h6,9-11,13,18H,2-5,7-8,12H2,1H3,(H,17,19). The zero-order chi connectivity index (χ0) is 14.2. The van der Waals surface area contributed by atoms with Gasteiger partial charge in [-0.15, -0.1) is 0 Å². The molecule has 110 valence electrons. The van der Waals surface area contributed by atoms with E-state index in [-0.39, 0.29) is 12.5 Å². The summed E-state index contributed by atoms with van der Waals surface area (Å²) < 4.78 is 5.46. The molecule has 1 saturated carbocycles. The van der Waals surface area contributed by atoms with Gasteiger partial charge in [-0.1, -0.05) is 31.7 Å². The van der Waals surface area contributed by atoms with Crippen molar-refractivity contribution in [2.75, 3.05) is 19.0 Å². The average Bonchev–Trinajstić information content (AvgIpc) is 2.74. The Morgan fingerprint density at radius 3 is 2.70 bits per heavy atom. The molecule has 0 saturated heterocycles.